The largest absolute Gasteiger partial charge is 0.353 e. The fraction of sp³-hybridized carbons (Fsp3) is 0.500. The van der Waals surface area contributed by atoms with Crippen molar-refractivity contribution < 1.29 is 13.2 Å². The van der Waals surface area contributed by atoms with E-state index in [2.05, 4.69) is 12.2 Å². The molecule has 0 spiro atoms. The molecule has 2 bridgehead atoms. The normalized spacial score (nSPS) is 22.8. The summed E-state index contributed by atoms with van der Waals surface area (Å²) in [6, 6.07) is 12.0. The second-order valence-electron chi connectivity index (χ2n) is 9.82. The zero-order chi connectivity index (χ0) is 23.8. The van der Waals surface area contributed by atoms with Gasteiger partial charge >= 0.3 is 0 Å². The first-order valence-electron chi connectivity index (χ1n) is 11.8. The van der Waals surface area contributed by atoms with Gasteiger partial charge in [-0.05, 0) is 105 Å². The summed E-state index contributed by atoms with van der Waals surface area (Å²) in [5.41, 5.74) is 2.50. The van der Waals surface area contributed by atoms with Crippen LogP contribution >= 0.6 is 11.6 Å². The quantitative estimate of drug-likeness (QED) is 0.534. The molecular weight excluding hydrogens is 456 g/mol. The van der Waals surface area contributed by atoms with E-state index in [1.165, 1.54) is 42.1 Å². The molecule has 1 amide bonds. The number of hydrogen-bond acceptors (Lipinski definition) is 3. The number of nitrogens with one attached hydrogen (secondary N) is 1. The van der Waals surface area contributed by atoms with Crippen molar-refractivity contribution in [3.05, 3.63) is 58.6 Å². The number of rotatable bonds is 8. The first kappa shape index (κ1) is 24.1. The molecule has 0 heterocycles. The molecule has 0 radical (unpaired) electrons. The highest BCUT2D eigenvalue weighted by molar-refractivity contribution is 7.92. The minimum absolute atomic E-state index is 0.0725. The van der Waals surface area contributed by atoms with E-state index in [0.29, 0.717) is 16.6 Å². The Hall–Kier alpha value is -2.05. The van der Waals surface area contributed by atoms with Crippen molar-refractivity contribution in [3.63, 3.8) is 0 Å². The number of fused-ring (bicyclic) bond motifs is 2. The van der Waals surface area contributed by atoms with Crippen molar-refractivity contribution in [2.75, 3.05) is 10.8 Å². The summed E-state index contributed by atoms with van der Waals surface area (Å²) >= 11 is 5.97. The van der Waals surface area contributed by atoms with Crippen LogP contribution in [0.2, 0.25) is 5.02 Å². The van der Waals surface area contributed by atoms with Gasteiger partial charge in [0.1, 0.15) is 0 Å². The fourth-order valence-corrected chi connectivity index (χ4v) is 7.33. The van der Waals surface area contributed by atoms with Gasteiger partial charge in [0.2, 0.25) is 5.91 Å². The number of sulfonamides is 1. The average molecular weight is 489 g/mol. The number of nitrogens with zero attached hydrogens (tertiary/aromatic N) is 1. The highest BCUT2D eigenvalue weighted by Crippen LogP contribution is 2.49. The van der Waals surface area contributed by atoms with Gasteiger partial charge in [0, 0.05) is 24.0 Å². The minimum Gasteiger partial charge on any atom is -0.353 e. The third-order valence-electron chi connectivity index (χ3n) is 7.26. The molecule has 4 rings (SSSR count). The Balaban J connectivity index is 1.51. The smallest absolute Gasteiger partial charge is 0.264 e. The van der Waals surface area contributed by atoms with E-state index in [1.54, 1.807) is 12.1 Å². The predicted molar refractivity (Wildman–Crippen MR) is 133 cm³/mol. The van der Waals surface area contributed by atoms with Crippen molar-refractivity contribution in [2.24, 2.45) is 17.8 Å². The van der Waals surface area contributed by atoms with Gasteiger partial charge in [0.05, 0.1) is 10.6 Å². The molecule has 0 saturated heterocycles. The van der Waals surface area contributed by atoms with E-state index in [0.717, 1.165) is 23.0 Å². The molecule has 0 aromatic heterocycles. The molecule has 7 heteroatoms. The van der Waals surface area contributed by atoms with E-state index in [1.807, 2.05) is 32.0 Å². The van der Waals surface area contributed by atoms with E-state index >= 15 is 0 Å². The zero-order valence-corrected chi connectivity index (χ0v) is 21.1. The first-order valence-corrected chi connectivity index (χ1v) is 13.6. The summed E-state index contributed by atoms with van der Waals surface area (Å²) in [5, 5.41) is 3.63. The molecule has 1 N–H and O–H groups in total. The molecule has 2 fully saturated rings. The van der Waals surface area contributed by atoms with Crippen molar-refractivity contribution >= 4 is 33.2 Å². The lowest BCUT2D eigenvalue weighted by molar-refractivity contribution is -0.121. The lowest BCUT2D eigenvalue weighted by atomic mass is 9.84. The highest BCUT2D eigenvalue weighted by Gasteiger charge is 2.42. The molecule has 2 saturated carbocycles. The molecular formula is C26H33ClN2O3S. The van der Waals surface area contributed by atoms with Crippen LogP contribution in [-0.4, -0.2) is 26.9 Å². The van der Waals surface area contributed by atoms with Crippen molar-refractivity contribution in [2.45, 2.75) is 63.8 Å². The second kappa shape index (κ2) is 9.67. The minimum atomic E-state index is -3.86. The maximum atomic E-state index is 13.5. The second-order valence-corrected chi connectivity index (χ2v) is 12.1. The standard InChI is InChI=1S/C26H33ClN2O3S/c1-17-12-18(2)14-23(13-17)29(33(31,32)24-8-6-22(27)7-9-24)11-10-26(30)28-19(3)25-16-20-4-5-21(25)15-20/h6-9,12-14,19-21,25H,4-5,10-11,15-16H2,1-3H3,(H,28,30). The Kier molecular flexibility index (Phi) is 7.06. The fourth-order valence-electron chi connectivity index (χ4n) is 5.76. The molecule has 4 unspecified atom stereocenters. The summed E-state index contributed by atoms with van der Waals surface area (Å²) in [4.78, 5) is 13.0. The predicted octanol–water partition coefficient (Wildman–Crippen LogP) is 5.48. The molecule has 178 valence electrons. The van der Waals surface area contributed by atoms with Crippen LogP contribution in [0.1, 0.15) is 50.2 Å². The third-order valence-corrected chi connectivity index (χ3v) is 9.36. The number of hydrogen-bond donors (Lipinski definition) is 1. The maximum absolute atomic E-state index is 13.5. The molecule has 2 aromatic carbocycles. The number of carbonyl (C=O) groups excluding carboxylic acids is 1. The number of carbonyl (C=O) groups is 1. The van der Waals surface area contributed by atoms with Gasteiger partial charge in [-0.3, -0.25) is 9.10 Å². The van der Waals surface area contributed by atoms with Gasteiger partial charge in [-0.25, -0.2) is 8.42 Å². The van der Waals surface area contributed by atoms with Crippen LogP contribution in [0.3, 0.4) is 0 Å². The van der Waals surface area contributed by atoms with Gasteiger partial charge in [-0.1, -0.05) is 24.1 Å². The molecule has 2 aliphatic rings. The Morgan fingerprint density at radius 3 is 2.33 bits per heavy atom. The monoisotopic (exact) mass is 488 g/mol. The summed E-state index contributed by atoms with van der Waals surface area (Å²) < 4.78 is 28.4. The van der Waals surface area contributed by atoms with Crippen molar-refractivity contribution in [1.82, 2.24) is 5.32 Å². The lowest BCUT2D eigenvalue weighted by Gasteiger charge is -2.29. The molecule has 5 nitrogen and oxygen atoms in total. The number of halogens is 1. The third kappa shape index (κ3) is 5.38. The Morgan fingerprint density at radius 1 is 1.09 bits per heavy atom. The number of amides is 1. The summed E-state index contributed by atoms with van der Waals surface area (Å²) in [6.45, 7) is 6.04. The highest BCUT2D eigenvalue weighted by atomic mass is 35.5. The topological polar surface area (TPSA) is 66.5 Å². The lowest BCUT2D eigenvalue weighted by Crippen LogP contribution is -2.42. The summed E-state index contributed by atoms with van der Waals surface area (Å²) in [6.07, 6.45) is 5.20. The van der Waals surface area contributed by atoms with Crippen LogP contribution < -0.4 is 9.62 Å². The van der Waals surface area contributed by atoms with E-state index in [-0.39, 0.29) is 29.8 Å². The molecule has 4 atom stereocenters. The first-order chi connectivity index (χ1) is 15.6. The van der Waals surface area contributed by atoms with E-state index < -0.39 is 10.0 Å². The van der Waals surface area contributed by atoms with Gasteiger partial charge in [0.25, 0.3) is 10.0 Å². The van der Waals surface area contributed by atoms with Crippen LogP contribution in [0.4, 0.5) is 5.69 Å². The van der Waals surface area contributed by atoms with Gasteiger partial charge in [-0.15, -0.1) is 0 Å². The van der Waals surface area contributed by atoms with Crippen molar-refractivity contribution in [1.29, 1.82) is 0 Å². The summed E-state index contributed by atoms with van der Waals surface area (Å²) in [7, 11) is -3.86. The van der Waals surface area contributed by atoms with Gasteiger partial charge < -0.3 is 5.32 Å². The van der Waals surface area contributed by atoms with Gasteiger partial charge in [0.15, 0.2) is 0 Å². The Labute approximate surface area is 202 Å². The molecule has 0 aliphatic heterocycles. The Bertz CT molecular complexity index is 1100. The van der Waals surface area contributed by atoms with Crippen LogP contribution in [0.25, 0.3) is 0 Å². The summed E-state index contributed by atoms with van der Waals surface area (Å²) in [5.74, 6) is 1.98. The molecule has 2 aliphatic carbocycles. The zero-order valence-electron chi connectivity index (χ0n) is 19.6. The van der Waals surface area contributed by atoms with E-state index in [9.17, 15) is 13.2 Å². The SMILES string of the molecule is Cc1cc(C)cc(N(CCC(=O)NC(C)C2CC3CCC2C3)S(=O)(=O)c2ccc(Cl)cc2)c1. The van der Waals surface area contributed by atoms with Crippen LogP contribution in [0.15, 0.2) is 47.4 Å². The molecule has 2 aromatic rings. The van der Waals surface area contributed by atoms with Crippen molar-refractivity contribution in [3.8, 4) is 0 Å². The molecule has 33 heavy (non-hydrogen) atoms. The number of anilines is 1. The van der Waals surface area contributed by atoms with E-state index in [4.69, 9.17) is 11.6 Å². The maximum Gasteiger partial charge on any atom is 0.264 e. The average Bonchev–Trinajstić information content (AvgIpc) is 3.37. The van der Waals surface area contributed by atoms with Crippen LogP contribution in [0.5, 0.6) is 0 Å². The van der Waals surface area contributed by atoms with Gasteiger partial charge in [-0.2, -0.15) is 0 Å². The number of aryl methyl sites for hydroxylation is 2. The Morgan fingerprint density at radius 2 is 1.76 bits per heavy atom. The number of benzene rings is 2. The van der Waals surface area contributed by atoms with Crippen LogP contribution in [0, 0.1) is 31.6 Å². The van der Waals surface area contributed by atoms with Crippen LogP contribution in [-0.2, 0) is 14.8 Å².